The van der Waals surface area contributed by atoms with Crippen molar-refractivity contribution in [2.75, 3.05) is 18.2 Å². The summed E-state index contributed by atoms with van der Waals surface area (Å²) in [5.41, 5.74) is 11.0. The van der Waals surface area contributed by atoms with Crippen LogP contribution in [0.3, 0.4) is 0 Å². The zero-order valence-electron chi connectivity index (χ0n) is 10.9. The van der Waals surface area contributed by atoms with Gasteiger partial charge in [0.2, 0.25) is 0 Å². The molecule has 0 aliphatic rings. The van der Waals surface area contributed by atoms with Crippen LogP contribution in [0.25, 0.3) is 0 Å². The van der Waals surface area contributed by atoms with Crippen molar-refractivity contribution in [3.8, 4) is 5.75 Å². The first-order valence-corrected chi connectivity index (χ1v) is 5.88. The molecule has 18 heavy (non-hydrogen) atoms. The summed E-state index contributed by atoms with van der Waals surface area (Å²) in [5, 5.41) is 3.35. The summed E-state index contributed by atoms with van der Waals surface area (Å²) in [5.74, 6) is 0.857. The Kier molecular flexibility index (Phi) is 3.42. The van der Waals surface area contributed by atoms with E-state index < -0.39 is 0 Å². The summed E-state index contributed by atoms with van der Waals surface area (Å²) in [6, 6.07) is 11.9. The van der Waals surface area contributed by atoms with Gasteiger partial charge in [-0.2, -0.15) is 0 Å². The highest BCUT2D eigenvalue weighted by Crippen LogP contribution is 2.29. The highest BCUT2D eigenvalue weighted by Gasteiger charge is 2.04. The normalized spacial score (nSPS) is 10.2. The van der Waals surface area contributed by atoms with Crippen LogP contribution in [0.15, 0.2) is 36.4 Å². The van der Waals surface area contributed by atoms with Crippen molar-refractivity contribution in [1.82, 2.24) is 0 Å². The number of benzene rings is 2. The SMILES string of the molecule is COc1ccc(Nc2cccc(C)c2N)c(C)c1. The van der Waals surface area contributed by atoms with Gasteiger partial charge in [-0.15, -0.1) is 0 Å². The fourth-order valence-corrected chi connectivity index (χ4v) is 1.84. The third kappa shape index (κ3) is 2.40. The van der Waals surface area contributed by atoms with Crippen LogP contribution in [0, 0.1) is 13.8 Å². The predicted octanol–water partition coefficient (Wildman–Crippen LogP) is 3.64. The summed E-state index contributed by atoms with van der Waals surface area (Å²) in [6.45, 7) is 4.04. The monoisotopic (exact) mass is 242 g/mol. The fourth-order valence-electron chi connectivity index (χ4n) is 1.84. The van der Waals surface area contributed by atoms with E-state index in [1.54, 1.807) is 7.11 Å². The van der Waals surface area contributed by atoms with Crippen LogP contribution in [-0.2, 0) is 0 Å². The Bertz CT molecular complexity index is 564. The fraction of sp³-hybridized carbons (Fsp3) is 0.200. The Morgan fingerprint density at radius 3 is 2.44 bits per heavy atom. The maximum atomic E-state index is 6.05. The summed E-state index contributed by atoms with van der Waals surface area (Å²) in [4.78, 5) is 0. The minimum atomic E-state index is 0.785. The highest BCUT2D eigenvalue weighted by molar-refractivity contribution is 5.76. The minimum Gasteiger partial charge on any atom is -0.497 e. The predicted molar refractivity (Wildman–Crippen MR) is 76.6 cm³/mol. The van der Waals surface area contributed by atoms with E-state index in [0.29, 0.717) is 0 Å². The molecule has 0 atom stereocenters. The molecule has 0 aromatic heterocycles. The van der Waals surface area contributed by atoms with E-state index in [2.05, 4.69) is 5.32 Å². The van der Waals surface area contributed by atoms with Crippen LogP contribution in [0.4, 0.5) is 17.1 Å². The molecule has 0 bridgehead atoms. The lowest BCUT2D eigenvalue weighted by molar-refractivity contribution is 0.414. The molecular formula is C15H18N2O. The van der Waals surface area contributed by atoms with Crippen LogP contribution >= 0.6 is 0 Å². The number of para-hydroxylation sites is 1. The van der Waals surface area contributed by atoms with Gasteiger partial charge in [-0.25, -0.2) is 0 Å². The van der Waals surface area contributed by atoms with Crippen molar-refractivity contribution < 1.29 is 4.74 Å². The lowest BCUT2D eigenvalue weighted by Gasteiger charge is -2.13. The Labute approximate surface area is 108 Å². The van der Waals surface area contributed by atoms with Crippen LogP contribution < -0.4 is 15.8 Å². The molecule has 2 aromatic rings. The largest absolute Gasteiger partial charge is 0.497 e. The Morgan fingerprint density at radius 1 is 1.00 bits per heavy atom. The van der Waals surface area contributed by atoms with E-state index in [9.17, 15) is 0 Å². The quantitative estimate of drug-likeness (QED) is 0.808. The van der Waals surface area contributed by atoms with Gasteiger partial charge in [0.1, 0.15) is 5.75 Å². The molecular weight excluding hydrogens is 224 g/mol. The standard InChI is InChI=1S/C15H18N2O/c1-10-5-4-6-14(15(10)16)17-13-8-7-12(18-3)9-11(13)2/h4-9,17H,16H2,1-3H3. The smallest absolute Gasteiger partial charge is 0.119 e. The Hall–Kier alpha value is -2.16. The molecule has 0 fully saturated rings. The molecule has 2 rings (SSSR count). The number of nitrogens with two attached hydrogens (primary N) is 1. The average molecular weight is 242 g/mol. The molecule has 3 N–H and O–H groups in total. The van der Waals surface area contributed by atoms with Gasteiger partial charge in [0.05, 0.1) is 18.5 Å². The second-order valence-electron chi connectivity index (χ2n) is 4.34. The van der Waals surface area contributed by atoms with Crippen molar-refractivity contribution in [1.29, 1.82) is 0 Å². The van der Waals surface area contributed by atoms with Gasteiger partial charge in [0.15, 0.2) is 0 Å². The molecule has 0 radical (unpaired) electrons. The molecule has 0 saturated heterocycles. The van der Waals surface area contributed by atoms with E-state index >= 15 is 0 Å². The number of rotatable bonds is 3. The van der Waals surface area contributed by atoms with Gasteiger partial charge in [0.25, 0.3) is 0 Å². The van der Waals surface area contributed by atoms with E-state index in [0.717, 1.165) is 33.9 Å². The Balaban J connectivity index is 2.31. The molecule has 0 unspecified atom stereocenters. The first-order valence-electron chi connectivity index (χ1n) is 5.88. The average Bonchev–Trinajstić information content (AvgIpc) is 2.37. The number of anilines is 3. The molecule has 0 aliphatic heterocycles. The third-order valence-corrected chi connectivity index (χ3v) is 3.03. The van der Waals surface area contributed by atoms with Crippen molar-refractivity contribution in [2.45, 2.75) is 13.8 Å². The molecule has 0 saturated carbocycles. The van der Waals surface area contributed by atoms with Crippen LogP contribution in [0.2, 0.25) is 0 Å². The number of nitrogens with one attached hydrogen (secondary N) is 1. The summed E-state index contributed by atoms with van der Waals surface area (Å²) in [7, 11) is 1.67. The second-order valence-corrected chi connectivity index (χ2v) is 4.34. The van der Waals surface area contributed by atoms with E-state index in [4.69, 9.17) is 10.5 Å². The highest BCUT2D eigenvalue weighted by atomic mass is 16.5. The number of hydrogen-bond donors (Lipinski definition) is 2. The summed E-state index contributed by atoms with van der Waals surface area (Å²) < 4.78 is 5.19. The van der Waals surface area contributed by atoms with Gasteiger partial charge >= 0.3 is 0 Å². The zero-order valence-corrected chi connectivity index (χ0v) is 10.9. The van der Waals surface area contributed by atoms with Gasteiger partial charge < -0.3 is 15.8 Å². The number of aryl methyl sites for hydroxylation is 2. The second kappa shape index (κ2) is 5.00. The molecule has 3 heteroatoms. The van der Waals surface area contributed by atoms with Crippen molar-refractivity contribution >= 4 is 17.1 Å². The van der Waals surface area contributed by atoms with Crippen molar-refractivity contribution in [3.05, 3.63) is 47.5 Å². The molecule has 2 aromatic carbocycles. The van der Waals surface area contributed by atoms with Crippen molar-refractivity contribution in [2.24, 2.45) is 0 Å². The van der Waals surface area contributed by atoms with Gasteiger partial charge in [-0.05, 0) is 49.2 Å². The zero-order chi connectivity index (χ0) is 13.1. The topological polar surface area (TPSA) is 47.3 Å². The molecule has 0 amide bonds. The van der Waals surface area contributed by atoms with E-state index in [1.807, 2.05) is 50.2 Å². The Morgan fingerprint density at radius 2 is 1.78 bits per heavy atom. The van der Waals surface area contributed by atoms with Crippen LogP contribution in [0.1, 0.15) is 11.1 Å². The van der Waals surface area contributed by atoms with Crippen LogP contribution in [0.5, 0.6) is 5.75 Å². The first-order chi connectivity index (χ1) is 8.61. The first kappa shape index (κ1) is 12.3. The van der Waals surface area contributed by atoms with Gasteiger partial charge in [0, 0.05) is 5.69 Å². The van der Waals surface area contributed by atoms with Crippen molar-refractivity contribution in [3.63, 3.8) is 0 Å². The van der Waals surface area contributed by atoms with E-state index in [-0.39, 0.29) is 0 Å². The summed E-state index contributed by atoms with van der Waals surface area (Å²) in [6.07, 6.45) is 0. The van der Waals surface area contributed by atoms with Gasteiger partial charge in [-0.3, -0.25) is 0 Å². The number of ether oxygens (including phenoxy) is 1. The molecule has 3 nitrogen and oxygen atoms in total. The van der Waals surface area contributed by atoms with E-state index in [1.165, 1.54) is 0 Å². The summed E-state index contributed by atoms with van der Waals surface area (Å²) >= 11 is 0. The molecule has 0 heterocycles. The van der Waals surface area contributed by atoms with Crippen LogP contribution in [-0.4, -0.2) is 7.11 Å². The molecule has 94 valence electrons. The molecule has 0 spiro atoms. The lowest BCUT2D eigenvalue weighted by atomic mass is 10.1. The molecule has 0 aliphatic carbocycles. The maximum absolute atomic E-state index is 6.05. The number of methoxy groups -OCH3 is 1. The maximum Gasteiger partial charge on any atom is 0.119 e. The third-order valence-electron chi connectivity index (χ3n) is 3.03. The van der Waals surface area contributed by atoms with Gasteiger partial charge in [-0.1, -0.05) is 12.1 Å². The minimum absolute atomic E-state index is 0.785. The number of hydrogen-bond acceptors (Lipinski definition) is 3. The lowest BCUT2D eigenvalue weighted by Crippen LogP contribution is -1.99. The number of nitrogen functional groups attached to an aromatic ring is 1.